The Morgan fingerprint density at radius 1 is 1.57 bits per heavy atom. The molecule has 0 radical (unpaired) electrons. The first-order chi connectivity index (χ1) is 9.85. The van der Waals surface area contributed by atoms with Crippen LogP contribution in [0.5, 0.6) is 0 Å². The van der Waals surface area contributed by atoms with Crippen LogP contribution in [0.15, 0.2) is 12.2 Å². The fourth-order valence-electron chi connectivity index (χ4n) is 3.63. The minimum Gasteiger partial charge on any atom is -0.459 e. The summed E-state index contributed by atoms with van der Waals surface area (Å²) in [6.07, 6.45) is 1.72. The number of aliphatic hydroxyl groups excluding tert-OH is 1. The summed E-state index contributed by atoms with van der Waals surface area (Å²) in [6.45, 7) is 7.02. The molecule has 0 amide bonds. The van der Waals surface area contributed by atoms with Crippen molar-refractivity contribution in [2.75, 3.05) is 6.61 Å². The first-order valence-electron chi connectivity index (χ1n) is 7.58. The Labute approximate surface area is 125 Å². The lowest BCUT2D eigenvalue weighted by Gasteiger charge is -2.30. The van der Waals surface area contributed by atoms with E-state index in [4.69, 9.17) is 4.74 Å². The molecule has 1 aliphatic carbocycles. The van der Waals surface area contributed by atoms with Gasteiger partial charge < -0.3 is 14.9 Å². The average Bonchev–Trinajstić information content (AvgIpc) is 2.61. The Bertz CT molecular complexity index is 458. The molecule has 0 aromatic heterocycles. The zero-order valence-corrected chi connectivity index (χ0v) is 12.7. The van der Waals surface area contributed by atoms with Crippen molar-refractivity contribution in [1.29, 1.82) is 0 Å². The molecule has 5 unspecified atom stereocenters. The SMILES string of the molecule is C=C1CCC2C(OC(=O)C2(O)CO)C(C(C)C(=O)CC)C1. The Morgan fingerprint density at radius 3 is 2.81 bits per heavy atom. The highest BCUT2D eigenvalue weighted by molar-refractivity contribution is 5.83. The van der Waals surface area contributed by atoms with Crippen LogP contribution in [0.3, 0.4) is 0 Å². The predicted molar refractivity (Wildman–Crippen MR) is 76.3 cm³/mol. The molecule has 1 saturated carbocycles. The quantitative estimate of drug-likeness (QED) is 0.602. The Morgan fingerprint density at radius 2 is 2.24 bits per heavy atom. The number of ketones is 1. The highest BCUT2D eigenvalue weighted by Crippen LogP contribution is 2.46. The summed E-state index contributed by atoms with van der Waals surface area (Å²) in [7, 11) is 0. The van der Waals surface area contributed by atoms with E-state index in [-0.39, 0.29) is 17.6 Å². The van der Waals surface area contributed by atoms with Crippen LogP contribution in [-0.2, 0) is 14.3 Å². The normalized spacial score (nSPS) is 37.6. The second-order valence-electron chi connectivity index (χ2n) is 6.32. The van der Waals surface area contributed by atoms with Crippen LogP contribution < -0.4 is 0 Å². The molecule has 118 valence electrons. The van der Waals surface area contributed by atoms with E-state index in [9.17, 15) is 19.8 Å². The van der Waals surface area contributed by atoms with Crippen molar-refractivity contribution < 1.29 is 24.5 Å². The molecule has 1 aliphatic heterocycles. The molecule has 5 nitrogen and oxygen atoms in total. The zero-order valence-electron chi connectivity index (χ0n) is 12.7. The number of Topliss-reactive ketones (excluding diaryl/α,β-unsaturated/α-hetero) is 1. The summed E-state index contributed by atoms with van der Waals surface area (Å²) in [4.78, 5) is 24.0. The van der Waals surface area contributed by atoms with Gasteiger partial charge in [-0.05, 0) is 19.3 Å². The highest BCUT2D eigenvalue weighted by Gasteiger charge is 2.59. The summed E-state index contributed by atoms with van der Waals surface area (Å²) in [5.74, 6) is -1.57. The van der Waals surface area contributed by atoms with Crippen LogP contribution in [0.4, 0.5) is 0 Å². The van der Waals surface area contributed by atoms with Crippen molar-refractivity contribution >= 4 is 11.8 Å². The molecule has 0 bridgehead atoms. The molecule has 2 rings (SSSR count). The third kappa shape index (κ3) is 2.64. The van der Waals surface area contributed by atoms with Crippen molar-refractivity contribution in [1.82, 2.24) is 0 Å². The molecule has 0 aromatic carbocycles. The van der Waals surface area contributed by atoms with E-state index in [2.05, 4.69) is 6.58 Å². The smallest absolute Gasteiger partial charge is 0.341 e. The van der Waals surface area contributed by atoms with Gasteiger partial charge in [0, 0.05) is 24.2 Å². The largest absolute Gasteiger partial charge is 0.459 e. The number of allylic oxidation sites excluding steroid dienone is 1. The second kappa shape index (κ2) is 5.89. The number of fused-ring (bicyclic) bond motifs is 1. The molecule has 5 heteroatoms. The molecule has 2 fully saturated rings. The van der Waals surface area contributed by atoms with Crippen molar-refractivity contribution in [3.8, 4) is 0 Å². The van der Waals surface area contributed by atoms with Crippen LogP contribution in [0, 0.1) is 17.8 Å². The number of carbonyl (C=O) groups is 2. The summed E-state index contributed by atoms with van der Waals surface area (Å²) in [5.41, 5.74) is -0.843. The standard InChI is InChI=1S/C16H24O5/c1-4-13(18)10(3)11-7-9(2)5-6-12-14(11)21-15(19)16(12,20)8-17/h10-12,14,17,20H,2,4-8H2,1,3H3. The van der Waals surface area contributed by atoms with Crippen LogP contribution in [0.1, 0.15) is 39.5 Å². The van der Waals surface area contributed by atoms with Crippen LogP contribution >= 0.6 is 0 Å². The molecule has 21 heavy (non-hydrogen) atoms. The number of hydrogen-bond acceptors (Lipinski definition) is 5. The number of aliphatic hydroxyl groups is 2. The highest BCUT2D eigenvalue weighted by atomic mass is 16.6. The molecule has 1 heterocycles. The van der Waals surface area contributed by atoms with Gasteiger partial charge in [0.05, 0.1) is 6.61 Å². The first-order valence-corrected chi connectivity index (χ1v) is 7.58. The lowest BCUT2D eigenvalue weighted by Crippen LogP contribution is -2.46. The van der Waals surface area contributed by atoms with E-state index >= 15 is 0 Å². The van der Waals surface area contributed by atoms with Gasteiger partial charge in [-0.3, -0.25) is 4.79 Å². The number of carbonyl (C=O) groups excluding carboxylic acids is 2. The van der Waals surface area contributed by atoms with Gasteiger partial charge in [-0.25, -0.2) is 4.79 Å². The molecule has 5 atom stereocenters. The topological polar surface area (TPSA) is 83.8 Å². The maximum Gasteiger partial charge on any atom is 0.341 e. The second-order valence-corrected chi connectivity index (χ2v) is 6.32. The van der Waals surface area contributed by atoms with Gasteiger partial charge >= 0.3 is 5.97 Å². The van der Waals surface area contributed by atoms with E-state index < -0.39 is 30.2 Å². The monoisotopic (exact) mass is 296 g/mol. The average molecular weight is 296 g/mol. The molecule has 0 aromatic rings. The van der Waals surface area contributed by atoms with Gasteiger partial charge in [-0.15, -0.1) is 0 Å². The maximum atomic E-state index is 12.0. The Kier molecular flexibility index (Phi) is 4.54. The zero-order chi connectivity index (χ0) is 15.8. The molecule has 2 N–H and O–H groups in total. The molecule has 0 spiro atoms. The van der Waals surface area contributed by atoms with Crippen molar-refractivity contribution in [2.45, 2.75) is 51.2 Å². The third-order valence-electron chi connectivity index (χ3n) is 5.10. The van der Waals surface area contributed by atoms with E-state index in [0.717, 1.165) is 5.57 Å². The van der Waals surface area contributed by atoms with Gasteiger partial charge in [0.2, 0.25) is 0 Å². The molecular weight excluding hydrogens is 272 g/mol. The van der Waals surface area contributed by atoms with Gasteiger partial charge in [0.1, 0.15) is 11.9 Å². The predicted octanol–water partition coefficient (Wildman–Crippen LogP) is 1.22. The van der Waals surface area contributed by atoms with Gasteiger partial charge in [-0.1, -0.05) is 26.0 Å². The van der Waals surface area contributed by atoms with Crippen LogP contribution in [0.25, 0.3) is 0 Å². The van der Waals surface area contributed by atoms with Crippen molar-refractivity contribution in [3.63, 3.8) is 0 Å². The minimum atomic E-state index is -1.84. The molecular formula is C16H24O5. The van der Waals surface area contributed by atoms with Crippen LogP contribution in [0.2, 0.25) is 0 Å². The first kappa shape index (κ1) is 16.2. The van der Waals surface area contributed by atoms with Gasteiger partial charge in [0.15, 0.2) is 5.60 Å². The van der Waals surface area contributed by atoms with E-state index in [1.807, 2.05) is 13.8 Å². The van der Waals surface area contributed by atoms with Crippen molar-refractivity contribution in [3.05, 3.63) is 12.2 Å². The number of rotatable bonds is 4. The summed E-state index contributed by atoms with van der Waals surface area (Å²) >= 11 is 0. The van der Waals surface area contributed by atoms with E-state index in [0.29, 0.717) is 25.7 Å². The molecule has 2 aliphatic rings. The summed E-state index contributed by atoms with van der Waals surface area (Å²) in [6, 6.07) is 0. The molecule has 1 saturated heterocycles. The summed E-state index contributed by atoms with van der Waals surface area (Å²) < 4.78 is 5.39. The maximum absolute atomic E-state index is 12.0. The Hall–Kier alpha value is -1.20. The fourth-order valence-corrected chi connectivity index (χ4v) is 3.63. The Balaban J connectivity index is 2.34. The van der Waals surface area contributed by atoms with Crippen molar-refractivity contribution in [2.24, 2.45) is 17.8 Å². The lowest BCUT2D eigenvalue weighted by molar-refractivity contribution is -0.160. The fraction of sp³-hybridized carbons (Fsp3) is 0.750. The van der Waals surface area contributed by atoms with Gasteiger partial charge in [0.25, 0.3) is 0 Å². The lowest BCUT2D eigenvalue weighted by atomic mass is 9.75. The minimum absolute atomic E-state index is 0.115. The van der Waals surface area contributed by atoms with E-state index in [1.54, 1.807) is 0 Å². The van der Waals surface area contributed by atoms with E-state index in [1.165, 1.54) is 0 Å². The number of ether oxygens (including phenoxy) is 1. The van der Waals surface area contributed by atoms with Crippen LogP contribution in [-0.4, -0.2) is 40.3 Å². The number of esters is 1. The third-order valence-corrected chi connectivity index (χ3v) is 5.10. The summed E-state index contributed by atoms with van der Waals surface area (Å²) in [5, 5.41) is 19.9. The number of hydrogen-bond donors (Lipinski definition) is 2. The van der Waals surface area contributed by atoms with Gasteiger partial charge in [-0.2, -0.15) is 0 Å².